The van der Waals surface area contributed by atoms with Gasteiger partial charge in [0.2, 0.25) is 15.9 Å². The lowest BCUT2D eigenvalue weighted by atomic mass is 10.2. The Morgan fingerprint density at radius 2 is 1.54 bits per heavy atom. The maximum atomic E-state index is 12.2. The zero-order chi connectivity index (χ0) is 19.8. The zero-order valence-corrected chi connectivity index (χ0v) is 16.0. The van der Waals surface area contributed by atoms with E-state index in [-0.39, 0.29) is 23.8 Å². The fourth-order valence-electron chi connectivity index (χ4n) is 2.64. The summed E-state index contributed by atoms with van der Waals surface area (Å²) in [5.41, 5.74) is 1.63. The SMILES string of the molecule is O=C(CCNS(=O)(=O)c1ccccc1)N=c1ccccn1Cc1ccccc1. The molecule has 6 nitrogen and oxygen atoms in total. The van der Waals surface area contributed by atoms with Gasteiger partial charge in [0.1, 0.15) is 5.49 Å². The fourth-order valence-corrected chi connectivity index (χ4v) is 3.69. The first-order valence-corrected chi connectivity index (χ1v) is 10.3. The van der Waals surface area contributed by atoms with Crippen molar-refractivity contribution >= 4 is 15.9 Å². The highest BCUT2D eigenvalue weighted by molar-refractivity contribution is 7.89. The van der Waals surface area contributed by atoms with Crippen LogP contribution in [0.3, 0.4) is 0 Å². The standard InChI is InChI=1S/C21H21N3O3S/c25-21(14-15-22-28(26,27)19-11-5-2-6-12-19)23-20-13-7-8-16-24(20)17-18-9-3-1-4-10-18/h1-13,16,22H,14-15,17H2. The number of hydrogen-bond donors (Lipinski definition) is 1. The summed E-state index contributed by atoms with van der Waals surface area (Å²) in [7, 11) is -3.63. The minimum absolute atomic E-state index is 0.00885. The molecule has 0 aliphatic carbocycles. The van der Waals surface area contributed by atoms with Gasteiger partial charge in [-0.2, -0.15) is 4.99 Å². The van der Waals surface area contributed by atoms with Gasteiger partial charge >= 0.3 is 0 Å². The van der Waals surface area contributed by atoms with Crippen LogP contribution >= 0.6 is 0 Å². The lowest BCUT2D eigenvalue weighted by molar-refractivity contribution is -0.117. The van der Waals surface area contributed by atoms with Gasteiger partial charge in [-0.1, -0.05) is 54.6 Å². The Hall–Kier alpha value is -3.03. The van der Waals surface area contributed by atoms with Crippen LogP contribution < -0.4 is 10.2 Å². The molecule has 2 aromatic carbocycles. The average Bonchev–Trinajstić information content (AvgIpc) is 2.71. The molecule has 0 bridgehead atoms. The van der Waals surface area contributed by atoms with Crippen LogP contribution in [0.1, 0.15) is 12.0 Å². The molecule has 0 radical (unpaired) electrons. The Morgan fingerprint density at radius 1 is 0.893 bits per heavy atom. The summed E-state index contributed by atoms with van der Waals surface area (Å²) >= 11 is 0. The summed E-state index contributed by atoms with van der Waals surface area (Å²) in [6.07, 6.45) is 1.84. The molecule has 3 aromatic rings. The summed E-state index contributed by atoms with van der Waals surface area (Å²) in [5, 5.41) is 0. The first-order chi connectivity index (χ1) is 13.5. The minimum atomic E-state index is -3.63. The molecule has 0 spiro atoms. The van der Waals surface area contributed by atoms with E-state index in [0.29, 0.717) is 12.0 Å². The number of hydrogen-bond acceptors (Lipinski definition) is 3. The Labute approximate surface area is 164 Å². The lowest BCUT2D eigenvalue weighted by Crippen LogP contribution is -2.27. The highest BCUT2D eigenvalue weighted by atomic mass is 32.2. The molecule has 0 aliphatic rings. The van der Waals surface area contributed by atoms with Gasteiger partial charge in [0.25, 0.3) is 0 Å². The molecule has 1 heterocycles. The van der Waals surface area contributed by atoms with Crippen molar-refractivity contribution in [1.29, 1.82) is 0 Å². The van der Waals surface area contributed by atoms with Crippen LogP contribution in [-0.4, -0.2) is 25.4 Å². The molecule has 1 amide bonds. The molecular weight excluding hydrogens is 374 g/mol. The number of benzene rings is 2. The van der Waals surface area contributed by atoms with E-state index in [1.807, 2.05) is 53.2 Å². The largest absolute Gasteiger partial charge is 0.329 e. The van der Waals surface area contributed by atoms with E-state index < -0.39 is 10.0 Å². The monoisotopic (exact) mass is 395 g/mol. The quantitative estimate of drug-likeness (QED) is 0.667. The number of carbonyl (C=O) groups excluding carboxylic acids is 1. The van der Waals surface area contributed by atoms with E-state index in [2.05, 4.69) is 9.71 Å². The number of nitrogens with zero attached hydrogens (tertiary/aromatic N) is 2. The predicted molar refractivity (Wildman–Crippen MR) is 107 cm³/mol. The fraction of sp³-hybridized carbons (Fsp3) is 0.143. The van der Waals surface area contributed by atoms with Crippen molar-refractivity contribution in [3.05, 3.63) is 96.1 Å². The maximum absolute atomic E-state index is 12.2. The normalized spacial score (nSPS) is 12.1. The molecule has 0 atom stereocenters. The Kier molecular flexibility index (Phi) is 6.52. The molecule has 28 heavy (non-hydrogen) atoms. The second-order valence-corrected chi connectivity index (χ2v) is 7.91. The van der Waals surface area contributed by atoms with Crippen molar-refractivity contribution in [2.24, 2.45) is 4.99 Å². The van der Waals surface area contributed by atoms with Gasteiger partial charge in [-0.25, -0.2) is 13.1 Å². The zero-order valence-electron chi connectivity index (χ0n) is 15.2. The van der Waals surface area contributed by atoms with Crippen molar-refractivity contribution in [2.75, 3.05) is 6.54 Å². The molecule has 1 N–H and O–H groups in total. The van der Waals surface area contributed by atoms with Crippen LogP contribution in [0.15, 0.2) is 94.9 Å². The Balaban J connectivity index is 1.65. The first kappa shape index (κ1) is 19.7. The number of aromatic nitrogens is 1. The summed E-state index contributed by atoms with van der Waals surface area (Å²) in [6, 6.07) is 23.4. The van der Waals surface area contributed by atoms with Gasteiger partial charge in [0.15, 0.2) is 0 Å². The predicted octanol–water partition coefficient (Wildman–Crippen LogP) is 2.33. The second-order valence-electron chi connectivity index (χ2n) is 6.14. The van der Waals surface area contributed by atoms with Gasteiger partial charge < -0.3 is 4.57 Å². The molecule has 7 heteroatoms. The summed E-state index contributed by atoms with van der Waals surface area (Å²) in [6.45, 7) is 0.583. The molecule has 0 aliphatic heterocycles. The van der Waals surface area contributed by atoms with Crippen molar-refractivity contribution in [3.8, 4) is 0 Å². The van der Waals surface area contributed by atoms with Gasteiger partial charge in [0.05, 0.1) is 4.90 Å². The van der Waals surface area contributed by atoms with Crippen molar-refractivity contribution in [2.45, 2.75) is 17.9 Å². The Morgan fingerprint density at radius 3 is 2.25 bits per heavy atom. The molecule has 0 unspecified atom stereocenters. The third kappa shape index (κ3) is 5.48. The molecule has 0 saturated heterocycles. The van der Waals surface area contributed by atoms with Crippen LogP contribution in [0, 0.1) is 0 Å². The molecule has 1 aromatic heterocycles. The van der Waals surface area contributed by atoms with Crippen LogP contribution in [0.4, 0.5) is 0 Å². The number of sulfonamides is 1. The first-order valence-electron chi connectivity index (χ1n) is 8.86. The third-order valence-electron chi connectivity index (χ3n) is 4.04. The van der Waals surface area contributed by atoms with Crippen LogP contribution in [0.2, 0.25) is 0 Å². The summed E-state index contributed by atoms with van der Waals surface area (Å²) in [4.78, 5) is 16.5. The summed E-state index contributed by atoms with van der Waals surface area (Å²) in [5.74, 6) is -0.385. The molecule has 0 fully saturated rings. The Bertz CT molecular complexity index is 1090. The minimum Gasteiger partial charge on any atom is -0.329 e. The molecule has 3 rings (SSSR count). The second kappa shape index (κ2) is 9.25. The van der Waals surface area contributed by atoms with Crippen LogP contribution in [0.5, 0.6) is 0 Å². The van der Waals surface area contributed by atoms with E-state index in [1.165, 1.54) is 12.1 Å². The maximum Gasteiger partial charge on any atom is 0.248 e. The van der Waals surface area contributed by atoms with Crippen molar-refractivity contribution < 1.29 is 13.2 Å². The van der Waals surface area contributed by atoms with Gasteiger partial charge in [-0.15, -0.1) is 0 Å². The molecular formula is C21H21N3O3S. The number of amides is 1. The number of rotatable bonds is 7. The van der Waals surface area contributed by atoms with Gasteiger partial charge in [-0.05, 0) is 29.8 Å². The summed E-state index contributed by atoms with van der Waals surface area (Å²) < 4.78 is 28.7. The van der Waals surface area contributed by atoms with Crippen molar-refractivity contribution in [1.82, 2.24) is 9.29 Å². The molecule has 0 saturated carbocycles. The number of nitrogens with one attached hydrogen (secondary N) is 1. The molecule has 144 valence electrons. The highest BCUT2D eigenvalue weighted by Gasteiger charge is 2.13. The van der Waals surface area contributed by atoms with Crippen LogP contribution in [0.25, 0.3) is 0 Å². The highest BCUT2D eigenvalue weighted by Crippen LogP contribution is 2.06. The van der Waals surface area contributed by atoms with E-state index in [4.69, 9.17) is 0 Å². The number of pyridine rings is 1. The van der Waals surface area contributed by atoms with Gasteiger partial charge in [0, 0.05) is 25.7 Å². The van der Waals surface area contributed by atoms with Gasteiger partial charge in [-0.3, -0.25) is 4.79 Å². The van der Waals surface area contributed by atoms with E-state index in [9.17, 15) is 13.2 Å². The van der Waals surface area contributed by atoms with E-state index >= 15 is 0 Å². The third-order valence-corrected chi connectivity index (χ3v) is 5.51. The van der Waals surface area contributed by atoms with E-state index in [0.717, 1.165) is 5.56 Å². The number of carbonyl (C=O) groups is 1. The van der Waals surface area contributed by atoms with Crippen LogP contribution in [-0.2, 0) is 21.4 Å². The smallest absolute Gasteiger partial charge is 0.248 e. The average molecular weight is 395 g/mol. The lowest BCUT2D eigenvalue weighted by Gasteiger charge is -2.07. The topological polar surface area (TPSA) is 80.5 Å². The van der Waals surface area contributed by atoms with Crippen molar-refractivity contribution in [3.63, 3.8) is 0 Å². The van der Waals surface area contributed by atoms with E-state index in [1.54, 1.807) is 24.3 Å².